The zero-order chi connectivity index (χ0) is 16.1. The molecule has 2 saturated heterocycles. The van der Waals surface area contributed by atoms with E-state index >= 15 is 0 Å². The van der Waals surface area contributed by atoms with Gasteiger partial charge in [-0.3, -0.25) is 15.0 Å². The number of carbonyl (C=O) groups excluding carboxylic acids is 2. The third kappa shape index (κ3) is 4.10. The Bertz CT molecular complexity index is 544. The monoisotopic (exact) mass is 316 g/mol. The number of nitrogens with zero attached hydrogens (tertiary/aromatic N) is 1. The maximum Gasteiger partial charge on any atom is 0.414 e. The van der Waals surface area contributed by atoms with E-state index in [1.165, 1.54) is 32.4 Å². The van der Waals surface area contributed by atoms with E-state index in [1.807, 2.05) is 6.07 Å². The lowest BCUT2D eigenvalue weighted by molar-refractivity contribution is 0.0235. The molecular formula is C18H24N2O3. The predicted molar refractivity (Wildman–Crippen MR) is 87.2 cm³/mol. The molecule has 5 heteroatoms. The van der Waals surface area contributed by atoms with Gasteiger partial charge in [0.25, 0.3) is 5.91 Å². The molecule has 0 radical (unpaired) electrons. The van der Waals surface area contributed by atoms with Crippen molar-refractivity contribution >= 4 is 12.0 Å². The smallest absolute Gasteiger partial charge is 0.414 e. The number of hydrogen-bond donors (Lipinski definition) is 1. The number of carbonyl (C=O) groups is 2. The van der Waals surface area contributed by atoms with Crippen molar-refractivity contribution in [1.82, 2.24) is 10.2 Å². The van der Waals surface area contributed by atoms with Gasteiger partial charge in [-0.05, 0) is 50.9 Å². The molecule has 1 N–H and O–H groups in total. The molecule has 124 valence electrons. The number of benzene rings is 1. The van der Waals surface area contributed by atoms with Crippen LogP contribution in [0, 0.1) is 5.92 Å². The van der Waals surface area contributed by atoms with Crippen molar-refractivity contribution in [3.63, 3.8) is 0 Å². The zero-order valence-electron chi connectivity index (χ0n) is 13.4. The molecule has 3 rings (SSSR count). The first-order valence-corrected chi connectivity index (χ1v) is 8.51. The Labute approximate surface area is 137 Å². The number of nitrogens with one attached hydrogen (secondary N) is 1. The minimum atomic E-state index is -0.646. The van der Waals surface area contributed by atoms with Crippen LogP contribution in [0.25, 0.3) is 0 Å². The second kappa shape index (κ2) is 7.59. The van der Waals surface area contributed by atoms with Crippen LogP contribution in [-0.4, -0.2) is 42.6 Å². The molecule has 0 aliphatic carbocycles. The summed E-state index contributed by atoms with van der Waals surface area (Å²) in [6.45, 7) is 2.73. The predicted octanol–water partition coefficient (Wildman–Crippen LogP) is 2.82. The summed E-state index contributed by atoms with van der Waals surface area (Å²) in [6, 6.07) is 9.23. The normalized spacial score (nSPS) is 24.5. The summed E-state index contributed by atoms with van der Waals surface area (Å²) in [7, 11) is 0. The maximum absolute atomic E-state index is 11.9. The van der Waals surface area contributed by atoms with E-state index in [0.29, 0.717) is 24.1 Å². The lowest BCUT2D eigenvalue weighted by Gasteiger charge is -2.44. The van der Waals surface area contributed by atoms with Crippen molar-refractivity contribution in [2.45, 2.75) is 38.1 Å². The first-order chi connectivity index (χ1) is 11.2. The molecular weight excluding hydrogens is 292 g/mol. The van der Waals surface area contributed by atoms with Gasteiger partial charge in [0.05, 0.1) is 6.61 Å². The summed E-state index contributed by atoms with van der Waals surface area (Å²) in [5.41, 5.74) is 0.459. The second-order valence-electron chi connectivity index (χ2n) is 6.42. The Hall–Kier alpha value is -1.88. The fourth-order valence-electron chi connectivity index (χ4n) is 3.74. The Morgan fingerprint density at radius 2 is 1.87 bits per heavy atom. The van der Waals surface area contributed by atoms with E-state index in [1.54, 1.807) is 24.3 Å². The van der Waals surface area contributed by atoms with Crippen LogP contribution >= 0.6 is 0 Å². The van der Waals surface area contributed by atoms with E-state index in [0.717, 1.165) is 12.8 Å². The molecule has 0 unspecified atom stereocenters. The molecule has 2 fully saturated rings. The minimum Gasteiger partial charge on any atom is -0.449 e. The lowest BCUT2D eigenvalue weighted by Crippen LogP contribution is -2.49. The first kappa shape index (κ1) is 16.0. The molecule has 2 atom stereocenters. The van der Waals surface area contributed by atoms with Crippen LogP contribution in [0.5, 0.6) is 0 Å². The highest BCUT2D eigenvalue weighted by molar-refractivity contribution is 6.02. The van der Waals surface area contributed by atoms with Gasteiger partial charge in [0, 0.05) is 17.5 Å². The first-order valence-electron chi connectivity index (χ1n) is 8.51. The van der Waals surface area contributed by atoms with E-state index in [9.17, 15) is 9.59 Å². The number of fused-ring (bicyclic) bond motifs is 1. The summed E-state index contributed by atoms with van der Waals surface area (Å²) in [5, 5.41) is 2.29. The Balaban J connectivity index is 1.47. The standard InChI is InChI=1S/C18H24N2O3/c21-17(14-7-2-1-3-8-14)19-18(22)23-13-15-9-6-12-20-11-5-4-10-16(15)20/h1-3,7-8,15-16H,4-6,9-13H2,(H,19,21,22)/t15-,16-/m1/s1. The van der Waals surface area contributed by atoms with Gasteiger partial charge in [-0.1, -0.05) is 24.6 Å². The summed E-state index contributed by atoms with van der Waals surface area (Å²) < 4.78 is 5.33. The van der Waals surface area contributed by atoms with Gasteiger partial charge in [0.1, 0.15) is 0 Å². The van der Waals surface area contributed by atoms with E-state index < -0.39 is 12.0 Å². The Morgan fingerprint density at radius 1 is 1.09 bits per heavy atom. The number of piperidine rings is 2. The van der Waals surface area contributed by atoms with Crippen LogP contribution < -0.4 is 5.32 Å². The lowest BCUT2D eigenvalue weighted by atomic mass is 9.84. The largest absolute Gasteiger partial charge is 0.449 e. The van der Waals surface area contributed by atoms with Gasteiger partial charge in [-0.25, -0.2) is 4.79 Å². The van der Waals surface area contributed by atoms with Gasteiger partial charge in [0.15, 0.2) is 0 Å². The van der Waals surface area contributed by atoms with Gasteiger partial charge >= 0.3 is 6.09 Å². The third-order valence-corrected chi connectivity index (χ3v) is 4.91. The molecule has 2 aliphatic heterocycles. The molecule has 2 amide bonds. The second-order valence-corrected chi connectivity index (χ2v) is 6.42. The van der Waals surface area contributed by atoms with Crippen LogP contribution in [0.3, 0.4) is 0 Å². The molecule has 2 aliphatic rings. The fraction of sp³-hybridized carbons (Fsp3) is 0.556. The highest BCUT2D eigenvalue weighted by Crippen LogP contribution is 2.30. The third-order valence-electron chi connectivity index (χ3n) is 4.91. The average molecular weight is 316 g/mol. The van der Waals surface area contributed by atoms with Crippen molar-refractivity contribution in [2.24, 2.45) is 5.92 Å². The van der Waals surface area contributed by atoms with Crippen molar-refractivity contribution < 1.29 is 14.3 Å². The van der Waals surface area contributed by atoms with Crippen LogP contribution in [0.2, 0.25) is 0 Å². The van der Waals surface area contributed by atoms with E-state index in [-0.39, 0.29) is 0 Å². The number of imide groups is 1. The van der Waals surface area contributed by atoms with Crippen LogP contribution in [-0.2, 0) is 4.74 Å². The molecule has 5 nitrogen and oxygen atoms in total. The Morgan fingerprint density at radius 3 is 2.70 bits per heavy atom. The molecule has 23 heavy (non-hydrogen) atoms. The van der Waals surface area contributed by atoms with E-state index in [4.69, 9.17) is 4.74 Å². The van der Waals surface area contributed by atoms with Crippen LogP contribution in [0.15, 0.2) is 30.3 Å². The average Bonchev–Trinajstić information content (AvgIpc) is 2.60. The number of amides is 2. The van der Waals surface area contributed by atoms with Gasteiger partial charge in [0.2, 0.25) is 0 Å². The number of alkyl carbamates (subject to hydrolysis) is 1. The Kier molecular flexibility index (Phi) is 5.28. The zero-order valence-corrected chi connectivity index (χ0v) is 13.4. The molecule has 0 aromatic heterocycles. The molecule has 1 aromatic rings. The topological polar surface area (TPSA) is 58.6 Å². The van der Waals surface area contributed by atoms with Crippen molar-refractivity contribution in [1.29, 1.82) is 0 Å². The highest BCUT2D eigenvalue weighted by Gasteiger charge is 2.33. The summed E-state index contributed by atoms with van der Waals surface area (Å²) in [5.74, 6) is -0.0276. The number of rotatable bonds is 3. The van der Waals surface area contributed by atoms with Crippen molar-refractivity contribution in [2.75, 3.05) is 19.7 Å². The minimum absolute atomic E-state index is 0.390. The summed E-state index contributed by atoms with van der Waals surface area (Å²) >= 11 is 0. The van der Waals surface area contributed by atoms with Crippen LogP contribution in [0.1, 0.15) is 42.5 Å². The van der Waals surface area contributed by atoms with Crippen molar-refractivity contribution in [3.8, 4) is 0 Å². The van der Waals surface area contributed by atoms with Crippen molar-refractivity contribution in [3.05, 3.63) is 35.9 Å². The van der Waals surface area contributed by atoms with Crippen LogP contribution in [0.4, 0.5) is 4.79 Å². The molecule has 1 aromatic carbocycles. The maximum atomic E-state index is 11.9. The van der Waals surface area contributed by atoms with Gasteiger partial charge in [-0.15, -0.1) is 0 Å². The molecule has 0 saturated carbocycles. The quantitative estimate of drug-likeness (QED) is 0.931. The molecule has 2 heterocycles. The molecule has 0 bridgehead atoms. The highest BCUT2D eigenvalue weighted by atomic mass is 16.5. The SMILES string of the molecule is O=C(NC(=O)c1ccccc1)OC[C@H]1CCCN2CCCC[C@H]12. The summed E-state index contributed by atoms with van der Waals surface area (Å²) in [6.07, 6.45) is 5.34. The summed E-state index contributed by atoms with van der Waals surface area (Å²) in [4.78, 5) is 26.3. The van der Waals surface area contributed by atoms with E-state index in [2.05, 4.69) is 10.2 Å². The molecule has 0 spiro atoms. The van der Waals surface area contributed by atoms with Gasteiger partial charge < -0.3 is 4.74 Å². The number of ether oxygens (including phenoxy) is 1. The fourth-order valence-corrected chi connectivity index (χ4v) is 3.74. The van der Waals surface area contributed by atoms with Gasteiger partial charge in [-0.2, -0.15) is 0 Å². The number of hydrogen-bond acceptors (Lipinski definition) is 4.